The van der Waals surface area contributed by atoms with Crippen molar-refractivity contribution in [3.8, 4) is 0 Å². The van der Waals surface area contributed by atoms with E-state index in [1.54, 1.807) is 0 Å². The molecule has 1 fully saturated rings. The van der Waals surface area contributed by atoms with Gasteiger partial charge >= 0.3 is 0 Å². The second kappa shape index (κ2) is 6.55. The molecule has 1 aliphatic carbocycles. The van der Waals surface area contributed by atoms with E-state index in [1.165, 1.54) is 25.1 Å². The quantitative estimate of drug-likeness (QED) is 0.822. The lowest BCUT2D eigenvalue weighted by Gasteiger charge is -2.19. The molecule has 0 radical (unpaired) electrons. The van der Waals surface area contributed by atoms with Crippen LogP contribution >= 0.6 is 23.2 Å². The Morgan fingerprint density at radius 3 is 2.84 bits per heavy atom. The number of carbonyl (C=O) groups excluding carboxylic acids is 1. The van der Waals surface area contributed by atoms with Gasteiger partial charge in [0.05, 0.1) is 10.6 Å². The highest BCUT2D eigenvalue weighted by Crippen LogP contribution is 2.25. The first-order valence-electron chi connectivity index (χ1n) is 6.45. The number of hydrogen-bond acceptors (Lipinski definition) is 3. The summed E-state index contributed by atoms with van der Waals surface area (Å²) in [5.41, 5.74) is 0.434. The van der Waals surface area contributed by atoms with Crippen molar-refractivity contribution in [1.82, 2.24) is 15.2 Å². The number of pyridine rings is 1. The maximum atomic E-state index is 11.9. The Morgan fingerprint density at radius 1 is 1.53 bits per heavy atom. The van der Waals surface area contributed by atoms with Gasteiger partial charge < -0.3 is 5.32 Å². The third-order valence-electron chi connectivity index (χ3n) is 3.21. The molecule has 1 saturated carbocycles. The van der Waals surface area contributed by atoms with E-state index in [9.17, 15) is 4.79 Å². The number of carbonyl (C=O) groups is 1. The SMILES string of the molecule is CCN(CCNC(=O)c1cnc(Cl)c(Cl)c1)C1CC1. The summed E-state index contributed by atoms with van der Waals surface area (Å²) in [4.78, 5) is 18.1. The summed E-state index contributed by atoms with van der Waals surface area (Å²) in [5.74, 6) is -0.169. The first-order valence-corrected chi connectivity index (χ1v) is 7.20. The monoisotopic (exact) mass is 301 g/mol. The number of amides is 1. The maximum absolute atomic E-state index is 11.9. The molecule has 1 N–H and O–H groups in total. The molecule has 0 saturated heterocycles. The molecule has 2 rings (SSSR count). The largest absolute Gasteiger partial charge is 0.351 e. The molecule has 1 aromatic heterocycles. The minimum absolute atomic E-state index is 0.169. The van der Waals surface area contributed by atoms with Crippen LogP contribution in [0.5, 0.6) is 0 Å². The molecule has 0 spiro atoms. The van der Waals surface area contributed by atoms with Crippen LogP contribution in [-0.2, 0) is 0 Å². The summed E-state index contributed by atoms with van der Waals surface area (Å²) in [6.07, 6.45) is 3.99. The van der Waals surface area contributed by atoms with Gasteiger partial charge in [0.2, 0.25) is 0 Å². The van der Waals surface area contributed by atoms with E-state index in [2.05, 4.69) is 22.1 Å². The van der Waals surface area contributed by atoms with Crippen molar-refractivity contribution in [3.63, 3.8) is 0 Å². The van der Waals surface area contributed by atoms with Gasteiger partial charge in [0.25, 0.3) is 5.91 Å². The predicted octanol–water partition coefficient (Wildman–Crippen LogP) is 2.60. The molecular formula is C13H17Cl2N3O. The van der Waals surface area contributed by atoms with Gasteiger partial charge in [0, 0.05) is 25.3 Å². The normalized spacial score (nSPS) is 14.7. The Balaban J connectivity index is 1.81. The first-order chi connectivity index (χ1) is 9.11. The van der Waals surface area contributed by atoms with Crippen LogP contribution in [0.4, 0.5) is 0 Å². The molecule has 6 heteroatoms. The van der Waals surface area contributed by atoms with E-state index < -0.39 is 0 Å². The summed E-state index contributed by atoms with van der Waals surface area (Å²) in [5, 5.41) is 3.38. The second-order valence-electron chi connectivity index (χ2n) is 4.61. The summed E-state index contributed by atoms with van der Waals surface area (Å²) in [7, 11) is 0. The molecule has 4 nitrogen and oxygen atoms in total. The molecule has 1 aromatic rings. The van der Waals surface area contributed by atoms with Gasteiger partial charge in [-0.3, -0.25) is 9.69 Å². The molecule has 1 amide bonds. The molecule has 0 bridgehead atoms. The zero-order valence-corrected chi connectivity index (χ0v) is 12.3. The van der Waals surface area contributed by atoms with Crippen molar-refractivity contribution in [3.05, 3.63) is 28.0 Å². The van der Waals surface area contributed by atoms with Crippen molar-refractivity contribution >= 4 is 29.1 Å². The van der Waals surface area contributed by atoms with Crippen LogP contribution in [0.2, 0.25) is 10.2 Å². The smallest absolute Gasteiger partial charge is 0.252 e. The third-order valence-corrected chi connectivity index (χ3v) is 3.90. The highest BCUT2D eigenvalue weighted by Gasteiger charge is 2.27. The Labute approximate surface area is 123 Å². The van der Waals surface area contributed by atoms with Crippen LogP contribution in [0.1, 0.15) is 30.1 Å². The number of halogens is 2. The molecule has 104 valence electrons. The van der Waals surface area contributed by atoms with Gasteiger partial charge in [-0.2, -0.15) is 0 Å². The summed E-state index contributed by atoms with van der Waals surface area (Å²) >= 11 is 11.5. The number of aromatic nitrogens is 1. The van der Waals surface area contributed by atoms with E-state index in [0.29, 0.717) is 23.2 Å². The van der Waals surface area contributed by atoms with Crippen molar-refractivity contribution in [1.29, 1.82) is 0 Å². The zero-order chi connectivity index (χ0) is 13.8. The van der Waals surface area contributed by atoms with E-state index in [1.807, 2.05) is 0 Å². The van der Waals surface area contributed by atoms with Gasteiger partial charge in [0.1, 0.15) is 5.15 Å². The maximum Gasteiger partial charge on any atom is 0.252 e. The molecular weight excluding hydrogens is 285 g/mol. The average Bonchev–Trinajstić information content (AvgIpc) is 3.22. The lowest BCUT2D eigenvalue weighted by Crippen LogP contribution is -2.36. The third kappa shape index (κ3) is 4.06. The van der Waals surface area contributed by atoms with E-state index in [4.69, 9.17) is 23.2 Å². The average molecular weight is 302 g/mol. The fraction of sp³-hybridized carbons (Fsp3) is 0.538. The van der Waals surface area contributed by atoms with Crippen LogP contribution in [0.15, 0.2) is 12.3 Å². The van der Waals surface area contributed by atoms with Gasteiger partial charge in [-0.05, 0) is 25.5 Å². The standard InChI is InChI=1S/C13H17Cl2N3O/c1-2-18(10-3-4-10)6-5-16-13(19)9-7-11(14)12(15)17-8-9/h7-8,10H,2-6H2,1H3,(H,16,19). The van der Waals surface area contributed by atoms with Gasteiger partial charge in [0.15, 0.2) is 0 Å². The molecule has 0 atom stereocenters. The van der Waals surface area contributed by atoms with E-state index >= 15 is 0 Å². The Kier molecular flexibility index (Phi) is 5.02. The van der Waals surface area contributed by atoms with Crippen LogP contribution in [0, 0.1) is 0 Å². The Morgan fingerprint density at radius 2 is 2.26 bits per heavy atom. The molecule has 1 heterocycles. The molecule has 1 aliphatic rings. The molecule has 0 unspecified atom stereocenters. The minimum Gasteiger partial charge on any atom is -0.351 e. The van der Waals surface area contributed by atoms with Gasteiger partial charge in [-0.25, -0.2) is 4.98 Å². The molecule has 19 heavy (non-hydrogen) atoms. The lowest BCUT2D eigenvalue weighted by atomic mass is 10.2. The van der Waals surface area contributed by atoms with Crippen molar-refractivity contribution in [2.45, 2.75) is 25.8 Å². The lowest BCUT2D eigenvalue weighted by molar-refractivity contribution is 0.0947. The van der Waals surface area contributed by atoms with E-state index in [-0.39, 0.29) is 11.1 Å². The van der Waals surface area contributed by atoms with Crippen LogP contribution in [0.25, 0.3) is 0 Å². The van der Waals surface area contributed by atoms with Gasteiger partial charge in [-0.15, -0.1) is 0 Å². The van der Waals surface area contributed by atoms with Crippen molar-refractivity contribution in [2.75, 3.05) is 19.6 Å². The Bertz CT molecular complexity index is 463. The number of nitrogens with zero attached hydrogens (tertiary/aromatic N) is 2. The predicted molar refractivity (Wildman–Crippen MR) is 76.9 cm³/mol. The topological polar surface area (TPSA) is 45.2 Å². The number of rotatable bonds is 6. The van der Waals surface area contributed by atoms with Gasteiger partial charge in [-0.1, -0.05) is 30.1 Å². The summed E-state index contributed by atoms with van der Waals surface area (Å²) in [6, 6.07) is 2.25. The van der Waals surface area contributed by atoms with Crippen LogP contribution in [-0.4, -0.2) is 41.5 Å². The first kappa shape index (κ1) is 14.6. The molecule has 0 aliphatic heterocycles. The second-order valence-corrected chi connectivity index (χ2v) is 5.38. The number of likely N-dealkylation sites (N-methyl/N-ethyl adjacent to an activating group) is 1. The highest BCUT2D eigenvalue weighted by atomic mass is 35.5. The van der Waals surface area contributed by atoms with Crippen molar-refractivity contribution in [2.24, 2.45) is 0 Å². The molecule has 0 aromatic carbocycles. The summed E-state index contributed by atoms with van der Waals surface area (Å²) in [6.45, 7) is 4.67. The number of nitrogens with one attached hydrogen (secondary N) is 1. The van der Waals surface area contributed by atoms with Crippen molar-refractivity contribution < 1.29 is 4.79 Å². The highest BCUT2D eigenvalue weighted by molar-refractivity contribution is 6.41. The fourth-order valence-electron chi connectivity index (χ4n) is 2.00. The zero-order valence-electron chi connectivity index (χ0n) is 10.8. The summed E-state index contributed by atoms with van der Waals surface area (Å²) < 4.78 is 0. The Hall–Kier alpha value is -0.840. The minimum atomic E-state index is -0.169. The van der Waals surface area contributed by atoms with Crippen LogP contribution < -0.4 is 5.32 Å². The fourth-order valence-corrected chi connectivity index (χ4v) is 2.27. The van der Waals surface area contributed by atoms with E-state index in [0.717, 1.165) is 13.1 Å². The number of hydrogen-bond donors (Lipinski definition) is 1. The van der Waals surface area contributed by atoms with Crippen LogP contribution in [0.3, 0.4) is 0 Å².